The molecule has 1 fully saturated rings. The molecule has 1 aromatic rings. The number of nitrogens with zero attached hydrogens (tertiary/aromatic N) is 3. The van der Waals surface area contributed by atoms with E-state index in [0.717, 1.165) is 37.6 Å². The highest BCUT2D eigenvalue weighted by Gasteiger charge is 2.18. The van der Waals surface area contributed by atoms with Crippen LogP contribution >= 0.6 is 37.2 Å². The average molecular weight is 415 g/mol. The third kappa shape index (κ3) is 8.92. The van der Waals surface area contributed by atoms with Crippen LogP contribution in [0.5, 0.6) is 0 Å². The minimum atomic E-state index is 0. The Balaban J connectivity index is 0. The number of nitrogens with two attached hydrogens (primary N) is 1. The van der Waals surface area contributed by atoms with Crippen molar-refractivity contribution >= 4 is 48.9 Å². The normalized spacial score (nSPS) is 15.2. The zero-order valence-corrected chi connectivity index (χ0v) is 17.3. The molecule has 0 bridgehead atoms. The fourth-order valence-electron chi connectivity index (χ4n) is 2.51. The number of amides is 1. The Hall–Kier alpha value is -0.790. The first-order valence-electron chi connectivity index (χ1n) is 7.96. The molecule has 2 rings (SSSR count). The van der Waals surface area contributed by atoms with Gasteiger partial charge in [-0.1, -0.05) is 6.07 Å². The molecule has 1 unspecified atom stereocenters. The Morgan fingerprint density at radius 1 is 1.28 bits per heavy atom. The van der Waals surface area contributed by atoms with Gasteiger partial charge in [-0.3, -0.25) is 4.79 Å². The van der Waals surface area contributed by atoms with Gasteiger partial charge in [0.05, 0.1) is 0 Å². The van der Waals surface area contributed by atoms with Crippen LogP contribution in [0.15, 0.2) is 18.3 Å². The smallest absolute Gasteiger partial charge is 0.220 e. The number of hydrogen-bond acceptors (Lipinski definition) is 5. The number of hydrogen-bond donors (Lipinski definition) is 2. The summed E-state index contributed by atoms with van der Waals surface area (Å²) in [7, 11) is 2.13. The van der Waals surface area contributed by atoms with E-state index in [9.17, 15) is 4.79 Å². The molecule has 6 nitrogen and oxygen atoms in total. The topological polar surface area (TPSA) is 74.5 Å². The lowest BCUT2D eigenvalue weighted by molar-refractivity contribution is -0.121. The Morgan fingerprint density at radius 3 is 2.52 bits per heavy atom. The fraction of sp³-hybridized carbons (Fsp3) is 0.625. The number of likely N-dealkylation sites (N-methyl/N-ethyl adjacent to an activating group) is 1. The molecule has 0 spiro atoms. The van der Waals surface area contributed by atoms with Gasteiger partial charge in [-0.15, -0.1) is 37.2 Å². The molecule has 3 N–H and O–H groups in total. The number of pyridine rings is 1. The van der Waals surface area contributed by atoms with Gasteiger partial charge in [0.1, 0.15) is 5.82 Å². The highest BCUT2D eigenvalue weighted by Crippen LogP contribution is 2.18. The van der Waals surface area contributed by atoms with Gasteiger partial charge >= 0.3 is 0 Å². The lowest BCUT2D eigenvalue weighted by atomic mass is 10.2. The monoisotopic (exact) mass is 413 g/mol. The van der Waals surface area contributed by atoms with Gasteiger partial charge in [0.15, 0.2) is 0 Å². The van der Waals surface area contributed by atoms with Crippen LogP contribution in [0.3, 0.4) is 0 Å². The van der Waals surface area contributed by atoms with E-state index in [0.29, 0.717) is 19.4 Å². The van der Waals surface area contributed by atoms with Crippen LogP contribution in [-0.4, -0.2) is 55.1 Å². The summed E-state index contributed by atoms with van der Waals surface area (Å²) in [4.78, 5) is 21.0. The summed E-state index contributed by atoms with van der Waals surface area (Å²) in [6, 6.07) is 4.01. The first-order chi connectivity index (χ1) is 10.6. The average Bonchev–Trinajstić information content (AvgIpc) is 2.52. The number of carbonyl (C=O) groups excluding carboxylic acids is 1. The number of aromatic nitrogens is 1. The summed E-state index contributed by atoms with van der Waals surface area (Å²) in [5.41, 5.74) is 6.75. The summed E-state index contributed by atoms with van der Waals surface area (Å²) in [6.07, 6.45) is 3.00. The second-order valence-electron chi connectivity index (χ2n) is 6.07. The van der Waals surface area contributed by atoms with E-state index >= 15 is 0 Å². The Bertz CT molecular complexity index is 496. The van der Waals surface area contributed by atoms with Crippen LogP contribution in [0, 0.1) is 0 Å². The fourth-order valence-corrected chi connectivity index (χ4v) is 2.51. The predicted molar refractivity (Wildman–Crippen MR) is 110 cm³/mol. The molecule has 2 heterocycles. The number of halogens is 3. The van der Waals surface area contributed by atoms with Crippen LogP contribution in [-0.2, 0) is 11.3 Å². The molecule has 0 radical (unpaired) electrons. The van der Waals surface area contributed by atoms with Gasteiger partial charge in [0.25, 0.3) is 0 Å². The molecule has 1 aliphatic heterocycles. The molecule has 1 amide bonds. The maximum Gasteiger partial charge on any atom is 0.220 e. The van der Waals surface area contributed by atoms with Crippen LogP contribution in [0.1, 0.15) is 25.3 Å². The number of carbonyl (C=O) groups is 1. The molecule has 0 saturated carbocycles. The first kappa shape index (κ1) is 26.4. The number of piperazine rings is 1. The van der Waals surface area contributed by atoms with Crippen LogP contribution in [0.2, 0.25) is 0 Å². The van der Waals surface area contributed by atoms with Crippen molar-refractivity contribution < 1.29 is 4.79 Å². The molecule has 25 heavy (non-hydrogen) atoms. The van der Waals surface area contributed by atoms with Gasteiger partial charge in [-0.25, -0.2) is 4.98 Å². The molecule has 0 aliphatic carbocycles. The van der Waals surface area contributed by atoms with E-state index in [1.165, 1.54) is 0 Å². The maximum atomic E-state index is 11.8. The van der Waals surface area contributed by atoms with E-state index in [2.05, 4.69) is 27.1 Å². The van der Waals surface area contributed by atoms with Crippen LogP contribution < -0.4 is 16.0 Å². The van der Waals surface area contributed by atoms with E-state index in [-0.39, 0.29) is 49.2 Å². The standard InChI is InChI=1S/C16H27N5O.3ClH/c1-13(17)5-6-15(22)19-12-14-4-3-7-18-16(14)21-10-8-20(2)9-11-21;;;/h3-4,7,13H,5-6,8-12,17H2,1-2H3,(H,19,22);3*1H. The zero-order chi connectivity index (χ0) is 15.9. The Labute approximate surface area is 169 Å². The van der Waals surface area contributed by atoms with E-state index in [1.54, 1.807) is 0 Å². The number of anilines is 1. The SMILES string of the molecule is CC(N)CCC(=O)NCc1cccnc1N1CCN(C)CC1.Cl.Cl.Cl. The van der Waals surface area contributed by atoms with Crippen molar-refractivity contribution in [3.63, 3.8) is 0 Å². The lowest BCUT2D eigenvalue weighted by Gasteiger charge is -2.34. The van der Waals surface area contributed by atoms with Crippen molar-refractivity contribution in [3.8, 4) is 0 Å². The van der Waals surface area contributed by atoms with Gasteiger partial charge < -0.3 is 20.9 Å². The van der Waals surface area contributed by atoms with Crippen molar-refractivity contribution in [1.29, 1.82) is 0 Å². The maximum absolute atomic E-state index is 11.8. The van der Waals surface area contributed by atoms with Gasteiger partial charge in [-0.2, -0.15) is 0 Å². The van der Waals surface area contributed by atoms with Gasteiger partial charge in [-0.05, 0) is 26.5 Å². The van der Waals surface area contributed by atoms with Crippen LogP contribution in [0.25, 0.3) is 0 Å². The number of nitrogens with one attached hydrogen (secondary N) is 1. The second-order valence-corrected chi connectivity index (χ2v) is 6.07. The molecule has 9 heteroatoms. The van der Waals surface area contributed by atoms with Gasteiger partial charge in [0.2, 0.25) is 5.91 Å². The highest BCUT2D eigenvalue weighted by molar-refractivity contribution is 5.86. The van der Waals surface area contributed by atoms with Crippen molar-refractivity contribution in [2.75, 3.05) is 38.1 Å². The predicted octanol–water partition coefficient (Wildman–Crippen LogP) is 1.84. The molecular formula is C16H30Cl3N5O. The van der Waals surface area contributed by atoms with Crippen molar-refractivity contribution in [2.45, 2.75) is 32.4 Å². The Kier molecular flexibility index (Phi) is 14.2. The second kappa shape index (κ2) is 13.4. The molecule has 1 aromatic heterocycles. The minimum Gasteiger partial charge on any atom is -0.354 e. The first-order valence-corrected chi connectivity index (χ1v) is 7.96. The molecule has 1 atom stereocenters. The highest BCUT2D eigenvalue weighted by atomic mass is 35.5. The molecule has 1 aliphatic rings. The summed E-state index contributed by atoms with van der Waals surface area (Å²) < 4.78 is 0. The van der Waals surface area contributed by atoms with Gasteiger partial charge in [0, 0.05) is 56.9 Å². The number of rotatable bonds is 6. The minimum absolute atomic E-state index is 0. The molecule has 146 valence electrons. The largest absolute Gasteiger partial charge is 0.354 e. The van der Waals surface area contributed by atoms with Crippen molar-refractivity contribution in [2.24, 2.45) is 5.73 Å². The summed E-state index contributed by atoms with van der Waals surface area (Å²) in [6.45, 7) is 6.46. The summed E-state index contributed by atoms with van der Waals surface area (Å²) >= 11 is 0. The third-order valence-electron chi connectivity index (χ3n) is 3.97. The lowest BCUT2D eigenvalue weighted by Crippen LogP contribution is -2.45. The van der Waals surface area contributed by atoms with Crippen LogP contribution in [0.4, 0.5) is 5.82 Å². The quantitative estimate of drug-likeness (QED) is 0.743. The van der Waals surface area contributed by atoms with E-state index < -0.39 is 0 Å². The Morgan fingerprint density at radius 2 is 1.92 bits per heavy atom. The van der Waals surface area contributed by atoms with Crippen molar-refractivity contribution in [3.05, 3.63) is 23.9 Å². The zero-order valence-electron chi connectivity index (χ0n) is 14.8. The summed E-state index contributed by atoms with van der Waals surface area (Å²) in [5.74, 6) is 1.04. The molecule has 1 saturated heterocycles. The van der Waals surface area contributed by atoms with E-state index in [4.69, 9.17) is 5.73 Å². The van der Waals surface area contributed by atoms with E-state index in [1.807, 2.05) is 25.3 Å². The molecule has 0 aromatic carbocycles. The third-order valence-corrected chi connectivity index (χ3v) is 3.97. The van der Waals surface area contributed by atoms with Crippen molar-refractivity contribution in [1.82, 2.24) is 15.2 Å². The molecular weight excluding hydrogens is 385 g/mol. The summed E-state index contributed by atoms with van der Waals surface area (Å²) in [5, 5.41) is 2.97.